The fourth-order valence-electron chi connectivity index (χ4n) is 2.20. The standard InChI is InChI=1S/C10H11Cl3O4/c1-17-10(9(13)16)3-2-5(7(11)14)4-6(10)8(12)15/h5-6H,2-4H2,1H3. The maximum Gasteiger partial charge on any atom is 0.254 e. The van der Waals surface area contributed by atoms with Crippen molar-refractivity contribution >= 4 is 50.5 Å². The maximum atomic E-state index is 11.5. The van der Waals surface area contributed by atoms with Crippen LogP contribution in [0.3, 0.4) is 0 Å². The van der Waals surface area contributed by atoms with Gasteiger partial charge in [-0.15, -0.1) is 0 Å². The van der Waals surface area contributed by atoms with Crippen molar-refractivity contribution in [2.75, 3.05) is 7.11 Å². The molecule has 1 fully saturated rings. The van der Waals surface area contributed by atoms with Crippen LogP contribution < -0.4 is 0 Å². The summed E-state index contributed by atoms with van der Waals surface area (Å²) in [6, 6.07) is 0. The molecule has 0 amide bonds. The van der Waals surface area contributed by atoms with Crippen LogP contribution in [-0.2, 0) is 19.1 Å². The Kier molecular flexibility index (Phi) is 4.95. The average molecular weight is 302 g/mol. The van der Waals surface area contributed by atoms with Gasteiger partial charge in [-0.1, -0.05) is 0 Å². The van der Waals surface area contributed by atoms with Crippen LogP contribution in [-0.4, -0.2) is 28.4 Å². The van der Waals surface area contributed by atoms with Gasteiger partial charge in [0.15, 0.2) is 5.60 Å². The van der Waals surface area contributed by atoms with Crippen molar-refractivity contribution in [2.24, 2.45) is 11.8 Å². The first-order valence-electron chi connectivity index (χ1n) is 4.99. The highest BCUT2D eigenvalue weighted by molar-refractivity contribution is 6.68. The van der Waals surface area contributed by atoms with Gasteiger partial charge in [0.25, 0.3) is 5.24 Å². The molecule has 0 aromatic heterocycles. The maximum absolute atomic E-state index is 11.5. The van der Waals surface area contributed by atoms with Crippen molar-refractivity contribution in [3.8, 4) is 0 Å². The third kappa shape index (κ3) is 2.81. The summed E-state index contributed by atoms with van der Waals surface area (Å²) in [4.78, 5) is 33.9. The Balaban J connectivity index is 3.04. The third-order valence-electron chi connectivity index (χ3n) is 3.24. The molecule has 1 rings (SSSR count). The summed E-state index contributed by atoms with van der Waals surface area (Å²) in [5.41, 5.74) is -1.44. The summed E-state index contributed by atoms with van der Waals surface area (Å²) in [6.45, 7) is 0. The second-order valence-electron chi connectivity index (χ2n) is 4.00. The van der Waals surface area contributed by atoms with Crippen LogP contribution in [0.2, 0.25) is 0 Å². The summed E-state index contributed by atoms with van der Waals surface area (Å²) < 4.78 is 5.10. The minimum atomic E-state index is -1.44. The fourth-order valence-corrected chi connectivity index (χ4v) is 2.96. The Hall–Kier alpha value is -0.160. The summed E-state index contributed by atoms with van der Waals surface area (Å²) in [7, 11) is 1.29. The summed E-state index contributed by atoms with van der Waals surface area (Å²) in [6.07, 6.45) is 0.574. The molecule has 0 saturated heterocycles. The van der Waals surface area contributed by atoms with Gasteiger partial charge in [0.2, 0.25) is 10.5 Å². The van der Waals surface area contributed by atoms with Crippen LogP contribution in [0.4, 0.5) is 0 Å². The summed E-state index contributed by atoms with van der Waals surface area (Å²) in [5.74, 6) is -1.44. The minimum Gasteiger partial charge on any atom is -0.368 e. The SMILES string of the molecule is COC1(C(=O)Cl)CCC(C(=O)Cl)CC1C(=O)Cl. The molecule has 0 spiro atoms. The second-order valence-corrected chi connectivity index (χ2v) is 5.09. The largest absolute Gasteiger partial charge is 0.368 e. The van der Waals surface area contributed by atoms with Gasteiger partial charge in [-0.3, -0.25) is 14.4 Å². The number of rotatable bonds is 4. The number of methoxy groups -OCH3 is 1. The van der Waals surface area contributed by atoms with Crippen molar-refractivity contribution in [3.05, 3.63) is 0 Å². The van der Waals surface area contributed by atoms with Crippen LogP contribution in [0.25, 0.3) is 0 Å². The first-order valence-corrected chi connectivity index (χ1v) is 6.12. The summed E-state index contributed by atoms with van der Waals surface area (Å²) >= 11 is 16.3. The topological polar surface area (TPSA) is 60.4 Å². The number of carbonyl (C=O) groups excluding carboxylic acids is 3. The molecule has 0 bridgehead atoms. The van der Waals surface area contributed by atoms with Crippen LogP contribution in [0.5, 0.6) is 0 Å². The van der Waals surface area contributed by atoms with E-state index in [4.69, 9.17) is 39.5 Å². The van der Waals surface area contributed by atoms with Crippen LogP contribution in [0.1, 0.15) is 19.3 Å². The van der Waals surface area contributed by atoms with Crippen molar-refractivity contribution < 1.29 is 19.1 Å². The molecule has 7 heteroatoms. The molecule has 1 saturated carbocycles. The van der Waals surface area contributed by atoms with E-state index in [0.29, 0.717) is 6.42 Å². The Bertz CT molecular complexity index is 357. The molecule has 0 aliphatic heterocycles. The zero-order valence-corrected chi connectivity index (χ0v) is 11.3. The van der Waals surface area contributed by atoms with Crippen LogP contribution in [0.15, 0.2) is 0 Å². The molecular formula is C10H11Cl3O4. The quantitative estimate of drug-likeness (QED) is 0.746. The Morgan fingerprint density at radius 1 is 1.18 bits per heavy atom. The number of carbonyl (C=O) groups is 3. The predicted octanol–water partition coefficient (Wildman–Crippen LogP) is 2.08. The van der Waals surface area contributed by atoms with Gasteiger partial charge in [0, 0.05) is 13.0 Å². The molecule has 0 N–H and O–H groups in total. The van der Waals surface area contributed by atoms with E-state index in [9.17, 15) is 14.4 Å². The van der Waals surface area contributed by atoms with E-state index in [1.54, 1.807) is 0 Å². The van der Waals surface area contributed by atoms with Gasteiger partial charge < -0.3 is 4.74 Å². The lowest BCUT2D eigenvalue weighted by atomic mass is 9.72. The normalized spacial score (nSPS) is 33.2. The zero-order valence-electron chi connectivity index (χ0n) is 9.04. The summed E-state index contributed by atoms with van der Waals surface area (Å²) in [5, 5.41) is -2.07. The molecule has 96 valence electrons. The van der Waals surface area contributed by atoms with Crippen LogP contribution >= 0.6 is 34.8 Å². The Labute approximate surface area is 114 Å². The minimum absolute atomic E-state index is 0.0803. The second kappa shape index (κ2) is 5.65. The molecular weight excluding hydrogens is 290 g/mol. The molecule has 0 aromatic carbocycles. The average Bonchev–Trinajstić information content (AvgIpc) is 2.27. The van der Waals surface area contributed by atoms with E-state index < -0.39 is 33.2 Å². The smallest absolute Gasteiger partial charge is 0.254 e. The molecule has 17 heavy (non-hydrogen) atoms. The van der Waals surface area contributed by atoms with Crippen molar-refractivity contribution in [2.45, 2.75) is 24.9 Å². The molecule has 0 radical (unpaired) electrons. The van der Waals surface area contributed by atoms with Crippen molar-refractivity contribution in [1.82, 2.24) is 0 Å². The molecule has 0 heterocycles. The van der Waals surface area contributed by atoms with E-state index >= 15 is 0 Å². The Morgan fingerprint density at radius 2 is 1.76 bits per heavy atom. The first kappa shape index (κ1) is 14.9. The van der Waals surface area contributed by atoms with Gasteiger partial charge in [-0.25, -0.2) is 0 Å². The van der Waals surface area contributed by atoms with Gasteiger partial charge in [-0.2, -0.15) is 0 Å². The highest BCUT2D eigenvalue weighted by Crippen LogP contribution is 2.42. The number of ether oxygens (including phenoxy) is 1. The van der Waals surface area contributed by atoms with E-state index in [1.807, 2.05) is 0 Å². The lowest BCUT2D eigenvalue weighted by molar-refractivity contribution is -0.154. The van der Waals surface area contributed by atoms with E-state index in [-0.39, 0.29) is 12.8 Å². The van der Waals surface area contributed by atoms with E-state index in [2.05, 4.69) is 0 Å². The van der Waals surface area contributed by atoms with Gasteiger partial charge in [0.1, 0.15) is 0 Å². The molecule has 3 atom stereocenters. The van der Waals surface area contributed by atoms with Crippen molar-refractivity contribution in [1.29, 1.82) is 0 Å². The molecule has 4 nitrogen and oxygen atoms in total. The van der Waals surface area contributed by atoms with E-state index in [0.717, 1.165) is 0 Å². The first-order chi connectivity index (χ1) is 7.85. The Morgan fingerprint density at radius 3 is 2.12 bits per heavy atom. The van der Waals surface area contributed by atoms with Gasteiger partial charge >= 0.3 is 0 Å². The lowest BCUT2D eigenvalue weighted by Crippen LogP contribution is -2.52. The zero-order chi connectivity index (χ0) is 13.2. The highest BCUT2D eigenvalue weighted by Gasteiger charge is 2.52. The molecule has 3 unspecified atom stereocenters. The number of halogens is 3. The van der Waals surface area contributed by atoms with Gasteiger partial charge in [-0.05, 0) is 54.1 Å². The van der Waals surface area contributed by atoms with E-state index in [1.165, 1.54) is 7.11 Å². The molecule has 0 aromatic rings. The third-order valence-corrected chi connectivity index (χ3v) is 4.13. The highest BCUT2D eigenvalue weighted by atomic mass is 35.5. The van der Waals surface area contributed by atoms with Gasteiger partial charge in [0.05, 0.1) is 5.92 Å². The van der Waals surface area contributed by atoms with Crippen molar-refractivity contribution in [3.63, 3.8) is 0 Å². The molecule has 1 aliphatic rings. The fraction of sp³-hybridized carbons (Fsp3) is 0.700. The number of hydrogen-bond acceptors (Lipinski definition) is 4. The molecule has 1 aliphatic carbocycles. The predicted molar refractivity (Wildman–Crippen MR) is 63.2 cm³/mol. The monoisotopic (exact) mass is 300 g/mol. The van der Waals surface area contributed by atoms with Crippen LogP contribution in [0, 0.1) is 11.8 Å². The number of hydrogen-bond donors (Lipinski definition) is 0. The lowest BCUT2D eigenvalue weighted by Gasteiger charge is -2.40.